The first-order valence-electron chi connectivity index (χ1n) is 12.4. The Kier molecular flexibility index (Phi) is 8.08. The SMILES string of the molecule is C[C@]1(C(=O)NCc2cc(F)cc(C(F)(F)F)c2)CC[C@@H](N2CCC(c3ccc(F)c(C(=O)O)c3)CC2)CO1. The van der Waals surface area contributed by atoms with Gasteiger partial charge in [-0.2, -0.15) is 13.2 Å². The fraction of sp³-hybridized carbons (Fsp3) is 0.481. The first-order valence-corrected chi connectivity index (χ1v) is 12.4. The van der Waals surface area contributed by atoms with E-state index in [1.54, 1.807) is 13.0 Å². The zero-order valence-corrected chi connectivity index (χ0v) is 20.8. The molecule has 206 valence electrons. The van der Waals surface area contributed by atoms with Gasteiger partial charge >= 0.3 is 12.1 Å². The minimum atomic E-state index is -4.69. The van der Waals surface area contributed by atoms with E-state index in [-0.39, 0.29) is 29.6 Å². The number of amides is 1. The summed E-state index contributed by atoms with van der Waals surface area (Å²) in [6.07, 6.45) is -2.07. The molecule has 0 radical (unpaired) electrons. The van der Waals surface area contributed by atoms with Gasteiger partial charge in [0.2, 0.25) is 0 Å². The molecular weight excluding hydrogens is 511 g/mol. The van der Waals surface area contributed by atoms with Crippen molar-refractivity contribution in [2.45, 2.75) is 62.9 Å². The summed E-state index contributed by atoms with van der Waals surface area (Å²) >= 11 is 0. The van der Waals surface area contributed by atoms with Crippen LogP contribution in [-0.2, 0) is 22.3 Å². The van der Waals surface area contributed by atoms with Crippen molar-refractivity contribution in [3.8, 4) is 0 Å². The van der Waals surface area contributed by atoms with Gasteiger partial charge in [-0.25, -0.2) is 13.6 Å². The highest BCUT2D eigenvalue weighted by molar-refractivity contribution is 5.88. The number of alkyl halides is 3. The highest BCUT2D eigenvalue weighted by Gasteiger charge is 2.41. The molecule has 0 aromatic heterocycles. The fourth-order valence-electron chi connectivity index (χ4n) is 5.19. The number of carbonyl (C=O) groups is 2. The van der Waals surface area contributed by atoms with Crippen LogP contribution >= 0.6 is 0 Å². The average Bonchev–Trinajstić information content (AvgIpc) is 2.87. The van der Waals surface area contributed by atoms with Crippen LogP contribution in [0.2, 0.25) is 0 Å². The van der Waals surface area contributed by atoms with E-state index in [1.165, 1.54) is 12.1 Å². The van der Waals surface area contributed by atoms with Gasteiger partial charge in [0.05, 0.1) is 17.7 Å². The molecule has 11 heteroatoms. The number of nitrogens with zero attached hydrogens (tertiary/aromatic N) is 1. The third-order valence-electron chi connectivity index (χ3n) is 7.51. The molecule has 38 heavy (non-hydrogen) atoms. The molecule has 2 heterocycles. The van der Waals surface area contributed by atoms with Crippen molar-refractivity contribution in [1.29, 1.82) is 0 Å². The van der Waals surface area contributed by atoms with Crippen LogP contribution < -0.4 is 5.32 Å². The minimum Gasteiger partial charge on any atom is -0.478 e. The Hall–Kier alpha value is -3.05. The van der Waals surface area contributed by atoms with Crippen LogP contribution in [0.15, 0.2) is 36.4 Å². The van der Waals surface area contributed by atoms with Crippen LogP contribution in [0.3, 0.4) is 0 Å². The maximum absolute atomic E-state index is 13.7. The zero-order chi connectivity index (χ0) is 27.7. The first kappa shape index (κ1) is 28.0. The summed E-state index contributed by atoms with van der Waals surface area (Å²) < 4.78 is 72.1. The van der Waals surface area contributed by atoms with Crippen molar-refractivity contribution in [3.63, 3.8) is 0 Å². The second-order valence-electron chi connectivity index (χ2n) is 10.1. The van der Waals surface area contributed by atoms with Crippen LogP contribution in [-0.4, -0.2) is 53.2 Å². The van der Waals surface area contributed by atoms with Crippen LogP contribution in [0.25, 0.3) is 0 Å². The van der Waals surface area contributed by atoms with Crippen LogP contribution in [0.4, 0.5) is 22.0 Å². The Labute approximate surface area is 216 Å². The van der Waals surface area contributed by atoms with Gasteiger partial charge in [0.15, 0.2) is 0 Å². The largest absolute Gasteiger partial charge is 0.478 e. The molecule has 0 saturated carbocycles. The topological polar surface area (TPSA) is 78.9 Å². The van der Waals surface area contributed by atoms with Crippen molar-refractivity contribution in [2.24, 2.45) is 0 Å². The zero-order valence-electron chi connectivity index (χ0n) is 20.8. The van der Waals surface area contributed by atoms with Gasteiger partial charge in [0.1, 0.15) is 17.2 Å². The monoisotopic (exact) mass is 540 g/mol. The Morgan fingerprint density at radius 2 is 1.82 bits per heavy atom. The molecule has 2 N–H and O–H groups in total. The Bertz CT molecular complexity index is 1190. The molecule has 2 aliphatic heterocycles. The number of nitrogens with one attached hydrogen (secondary N) is 1. The Balaban J connectivity index is 1.28. The molecule has 0 bridgehead atoms. The van der Waals surface area contributed by atoms with E-state index in [9.17, 15) is 36.6 Å². The molecule has 0 spiro atoms. The molecule has 1 amide bonds. The number of halogens is 5. The number of ether oxygens (including phenoxy) is 1. The molecule has 2 atom stereocenters. The standard InChI is InChI=1S/C27H29F5N2O4/c1-26(25(37)33-14-16-10-19(27(30,31)32)13-20(28)11-16)7-4-21(15-38-26)34-8-5-17(6-9-34)18-2-3-23(29)22(12-18)24(35)36/h2-3,10-13,17,21H,4-9,14-15H2,1H3,(H,33,37)(H,35,36)/t21-,26-/m1/s1. The second-order valence-corrected chi connectivity index (χ2v) is 10.1. The van der Waals surface area contributed by atoms with E-state index < -0.39 is 40.9 Å². The first-order chi connectivity index (χ1) is 17.9. The summed E-state index contributed by atoms with van der Waals surface area (Å²) in [5, 5.41) is 11.7. The maximum Gasteiger partial charge on any atom is 0.416 e. The number of carbonyl (C=O) groups excluding carboxylic acids is 1. The van der Waals surface area contributed by atoms with Crippen LogP contribution in [0.5, 0.6) is 0 Å². The lowest BCUT2D eigenvalue weighted by atomic mass is 9.86. The van der Waals surface area contributed by atoms with E-state index in [4.69, 9.17) is 4.74 Å². The van der Waals surface area contributed by atoms with Crippen molar-refractivity contribution >= 4 is 11.9 Å². The number of hydrogen-bond acceptors (Lipinski definition) is 4. The van der Waals surface area contributed by atoms with Crippen molar-refractivity contribution < 1.29 is 41.4 Å². The smallest absolute Gasteiger partial charge is 0.416 e. The van der Waals surface area contributed by atoms with E-state index in [1.807, 2.05) is 0 Å². The van der Waals surface area contributed by atoms with Crippen LogP contribution in [0, 0.1) is 11.6 Å². The fourth-order valence-corrected chi connectivity index (χ4v) is 5.19. The molecule has 2 aliphatic rings. The third kappa shape index (κ3) is 6.32. The summed E-state index contributed by atoms with van der Waals surface area (Å²) in [5.41, 5.74) is -1.80. The summed E-state index contributed by atoms with van der Waals surface area (Å²) in [4.78, 5) is 26.3. The summed E-state index contributed by atoms with van der Waals surface area (Å²) in [6, 6.07) is 6.47. The Morgan fingerprint density at radius 1 is 1.11 bits per heavy atom. The molecule has 6 nitrogen and oxygen atoms in total. The quantitative estimate of drug-likeness (QED) is 0.498. The van der Waals surface area contributed by atoms with Gasteiger partial charge in [0, 0.05) is 12.6 Å². The number of carboxylic acids is 1. The number of carboxylic acid groups (broad SMARTS) is 1. The predicted molar refractivity (Wildman–Crippen MR) is 128 cm³/mol. The van der Waals surface area contributed by atoms with E-state index in [2.05, 4.69) is 10.2 Å². The highest BCUT2D eigenvalue weighted by atomic mass is 19.4. The van der Waals surface area contributed by atoms with Crippen molar-refractivity contribution in [3.05, 3.63) is 70.3 Å². The maximum atomic E-state index is 13.7. The van der Waals surface area contributed by atoms with Crippen molar-refractivity contribution in [1.82, 2.24) is 10.2 Å². The summed E-state index contributed by atoms with van der Waals surface area (Å²) in [5.74, 6) is -3.44. The average molecular weight is 541 g/mol. The number of aromatic carboxylic acids is 1. The molecule has 4 rings (SSSR count). The predicted octanol–water partition coefficient (Wildman–Crippen LogP) is 5.12. The number of likely N-dealkylation sites (tertiary alicyclic amines) is 1. The van der Waals surface area contributed by atoms with Gasteiger partial charge < -0.3 is 15.2 Å². The molecule has 2 saturated heterocycles. The highest BCUT2D eigenvalue weighted by Crippen LogP contribution is 2.34. The van der Waals surface area contributed by atoms with E-state index >= 15 is 0 Å². The second kappa shape index (κ2) is 11.0. The summed E-state index contributed by atoms with van der Waals surface area (Å²) in [7, 11) is 0. The molecular formula is C27H29F5N2O4. The summed E-state index contributed by atoms with van der Waals surface area (Å²) in [6.45, 7) is 3.14. The number of hydrogen-bond donors (Lipinski definition) is 2. The lowest BCUT2D eigenvalue weighted by Gasteiger charge is -2.43. The van der Waals surface area contributed by atoms with Crippen molar-refractivity contribution in [2.75, 3.05) is 19.7 Å². The molecule has 2 aromatic rings. The van der Waals surface area contributed by atoms with Gasteiger partial charge in [-0.05, 0) is 93.1 Å². The molecule has 0 unspecified atom stereocenters. The van der Waals surface area contributed by atoms with Gasteiger partial charge in [-0.1, -0.05) is 6.07 Å². The lowest BCUT2D eigenvalue weighted by molar-refractivity contribution is -0.157. The normalized spacial score (nSPS) is 23.3. The van der Waals surface area contributed by atoms with Gasteiger partial charge in [0.25, 0.3) is 5.91 Å². The minimum absolute atomic E-state index is 0.00228. The number of rotatable bonds is 6. The number of piperidine rings is 1. The van der Waals surface area contributed by atoms with Gasteiger partial charge in [-0.3, -0.25) is 9.69 Å². The van der Waals surface area contributed by atoms with Crippen LogP contribution in [0.1, 0.15) is 65.6 Å². The molecule has 2 fully saturated rings. The molecule has 2 aromatic carbocycles. The molecule has 0 aliphatic carbocycles. The number of benzene rings is 2. The van der Waals surface area contributed by atoms with E-state index in [0.29, 0.717) is 25.5 Å². The van der Waals surface area contributed by atoms with E-state index in [0.717, 1.165) is 43.6 Å². The Morgan fingerprint density at radius 3 is 2.42 bits per heavy atom. The lowest BCUT2D eigenvalue weighted by Crippen LogP contribution is -2.54. The van der Waals surface area contributed by atoms with Gasteiger partial charge in [-0.15, -0.1) is 0 Å². The third-order valence-corrected chi connectivity index (χ3v) is 7.51.